The van der Waals surface area contributed by atoms with E-state index in [0.717, 1.165) is 11.0 Å². The number of amides is 1. The van der Waals surface area contributed by atoms with E-state index in [4.69, 9.17) is 11.6 Å². The van der Waals surface area contributed by atoms with E-state index in [1.807, 2.05) is 24.3 Å². The predicted octanol–water partition coefficient (Wildman–Crippen LogP) is 3.09. The standard InChI is InChI=1S/C16H13BrClN5O2/c17-12-8-11(18)7-10(16(12)25)9-19-21-15(24)5-6-23-14-4-2-1-3-13(14)20-22-23/h1-4,7-9,25H,5-6H2,(H,21,24). The van der Waals surface area contributed by atoms with Crippen molar-refractivity contribution in [3.63, 3.8) is 0 Å². The Morgan fingerprint density at radius 2 is 2.20 bits per heavy atom. The molecule has 25 heavy (non-hydrogen) atoms. The number of para-hydroxylation sites is 1. The second kappa shape index (κ2) is 7.62. The number of nitrogens with one attached hydrogen (secondary N) is 1. The summed E-state index contributed by atoms with van der Waals surface area (Å²) in [6, 6.07) is 10.6. The van der Waals surface area contributed by atoms with Crippen LogP contribution in [0.25, 0.3) is 11.0 Å². The zero-order chi connectivity index (χ0) is 17.8. The number of halogens is 2. The molecule has 9 heteroatoms. The molecular weight excluding hydrogens is 410 g/mol. The molecule has 0 radical (unpaired) electrons. The van der Waals surface area contributed by atoms with Crippen molar-refractivity contribution in [2.75, 3.05) is 0 Å². The second-order valence-electron chi connectivity index (χ2n) is 5.17. The summed E-state index contributed by atoms with van der Waals surface area (Å²) in [7, 11) is 0. The highest BCUT2D eigenvalue weighted by molar-refractivity contribution is 9.10. The number of hydrogen-bond donors (Lipinski definition) is 2. The lowest BCUT2D eigenvalue weighted by Gasteiger charge is -2.03. The van der Waals surface area contributed by atoms with Gasteiger partial charge in [-0.05, 0) is 40.2 Å². The van der Waals surface area contributed by atoms with Gasteiger partial charge in [0.2, 0.25) is 5.91 Å². The number of carbonyl (C=O) groups excluding carboxylic acids is 1. The van der Waals surface area contributed by atoms with Crippen LogP contribution in [0, 0.1) is 0 Å². The summed E-state index contributed by atoms with van der Waals surface area (Å²) in [4.78, 5) is 11.9. The van der Waals surface area contributed by atoms with E-state index in [9.17, 15) is 9.90 Å². The molecule has 2 N–H and O–H groups in total. The Morgan fingerprint density at radius 1 is 1.40 bits per heavy atom. The van der Waals surface area contributed by atoms with Crippen molar-refractivity contribution in [3.05, 3.63) is 51.5 Å². The van der Waals surface area contributed by atoms with Crippen LogP contribution in [0.4, 0.5) is 0 Å². The number of carbonyl (C=O) groups is 1. The quantitative estimate of drug-likeness (QED) is 0.488. The van der Waals surface area contributed by atoms with Gasteiger partial charge in [0.15, 0.2) is 0 Å². The number of rotatable bonds is 5. The number of hydrogen-bond acceptors (Lipinski definition) is 5. The minimum absolute atomic E-state index is 0.00326. The van der Waals surface area contributed by atoms with E-state index < -0.39 is 0 Å². The molecule has 0 bridgehead atoms. The summed E-state index contributed by atoms with van der Waals surface area (Å²) in [5.74, 6) is -0.284. The minimum atomic E-state index is -0.281. The number of aromatic nitrogens is 3. The van der Waals surface area contributed by atoms with Crippen molar-refractivity contribution in [1.29, 1.82) is 0 Å². The SMILES string of the molecule is O=C(CCn1nnc2ccccc21)NN=Cc1cc(Cl)cc(Br)c1O. The minimum Gasteiger partial charge on any atom is -0.506 e. The van der Waals surface area contributed by atoms with Gasteiger partial charge in [0.05, 0.1) is 22.7 Å². The molecule has 2 aromatic carbocycles. The Labute approximate surface area is 156 Å². The maximum absolute atomic E-state index is 11.9. The smallest absolute Gasteiger partial charge is 0.241 e. The summed E-state index contributed by atoms with van der Waals surface area (Å²) in [5.41, 5.74) is 4.45. The van der Waals surface area contributed by atoms with Crippen molar-refractivity contribution in [3.8, 4) is 5.75 Å². The van der Waals surface area contributed by atoms with Gasteiger partial charge in [0.25, 0.3) is 0 Å². The number of phenols is 1. The Morgan fingerprint density at radius 3 is 3.04 bits per heavy atom. The number of aryl methyl sites for hydroxylation is 1. The summed E-state index contributed by atoms with van der Waals surface area (Å²) >= 11 is 9.10. The zero-order valence-electron chi connectivity index (χ0n) is 12.9. The lowest BCUT2D eigenvalue weighted by Crippen LogP contribution is -2.19. The van der Waals surface area contributed by atoms with Gasteiger partial charge in [0.1, 0.15) is 11.3 Å². The fourth-order valence-electron chi connectivity index (χ4n) is 2.20. The van der Waals surface area contributed by atoms with Crippen LogP contribution < -0.4 is 5.43 Å². The van der Waals surface area contributed by atoms with E-state index in [1.54, 1.807) is 16.8 Å². The van der Waals surface area contributed by atoms with Gasteiger partial charge in [-0.3, -0.25) is 4.79 Å². The van der Waals surface area contributed by atoms with Crippen LogP contribution in [-0.4, -0.2) is 32.2 Å². The molecule has 0 saturated carbocycles. The number of aromatic hydroxyl groups is 1. The highest BCUT2D eigenvalue weighted by atomic mass is 79.9. The third-order valence-electron chi connectivity index (χ3n) is 3.42. The molecule has 3 aromatic rings. The van der Waals surface area contributed by atoms with E-state index in [0.29, 0.717) is 21.6 Å². The molecule has 0 saturated heterocycles. The molecule has 128 valence electrons. The van der Waals surface area contributed by atoms with Crippen LogP contribution in [0.5, 0.6) is 5.75 Å². The van der Waals surface area contributed by atoms with Gasteiger partial charge in [-0.25, -0.2) is 10.1 Å². The summed E-state index contributed by atoms with van der Waals surface area (Å²) in [5, 5.41) is 22.2. The first kappa shape index (κ1) is 17.4. The van der Waals surface area contributed by atoms with Crippen molar-refractivity contribution < 1.29 is 9.90 Å². The first-order valence-electron chi connectivity index (χ1n) is 7.33. The molecule has 0 fully saturated rings. The van der Waals surface area contributed by atoms with E-state index in [2.05, 4.69) is 36.8 Å². The predicted molar refractivity (Wildman–Crippen MR) is 98.7 cm³/mol. The van der Waals surface area contributed by atoms with Gasteiger partial charge < -0.3 is 5.11 Å². The fourth-order valence-corrected chi connectivity index (χ4v) is 3.04. The molecule has 0 spiro atoms. The second-order valence-corrected chi connectivity index (χ2v) is 6.46. The van der Waals surface area contributed by atoms with Crippen LogP contribution in [-0.2, 0) is 11.3 Å². The average molecular weight is 423 g/mol. The molecular formula is C16H13BrClN5O2. The maximum Gasteiger partial charge on any atom is 0.241 e. The number of hydrazone groups is 1. The molecule has 0 unspecified atom stereocenters. The lowest BCUT2D eigenvalue weighted by atomic mass is 10.2. The molecule has 0 aliphatic rings. The molecule has 0 aliphatic heterocycles. The highest BCUT2D eigenvalue weighted by Gasteiger charge is 2.07. The number of benzene rings is 2. The third kappa shape index (κ3) is 4.15. The molecule has 0 atom stereocenters. The highest BCUT2D eigenvalue weighted by Crippen LogP contribution is 2.30. The Bertz CT molecular complexity index is 957. The van der Waals surface area contributed by atoms with Crippen LogP contribution in [0.15, 0.2) is 46.0 Å². The molecule has 7 nitrogen and oxygen atoms in total. The van der Waals surface area contributed by atoms with Crippen molar-refractivity contribution in [1.82, 2.24) is 20.4 Å². The summed E-state index contributed by atoms with van der Waals surface area (Å²) in [6.07, 6.45) is 1.52. The molecule has 1 heterocycles. The first-order chi connectivity index (χ1) is 12.0. The van der Waals surface area contributed by atoms with Gasteiger partial charge in [-0.1, -0.05) is 28.9 Å². The molecule has 1 amide bonds. The van der Waals surface area contributed by atoms with E-state index >= 15 is 0 Å². The molecule has 1 aromatic heterocycles. The summed E-state index contributed by atoms with van der Waals surface area (Å²) < 4.78 is 2.12. The Hall–Kier alpha value is -2.45. The van der Waals surface area contributed by atoms with Crippen molar-refractivity contribution in [2.24, 2.45) is 5.10 Å². The first-order valence-corrected chi connectivity index (χ1v) is 8.50. The van der Waals surface area contributed by atoms with Gasteiger partial charge in [-0.2, -0.15) is 5.10 Å². The molecule has 3 rings (SSSR count). The van der Waals surface area contributed by atoms with Crippen LogP contribution in [0.1, 0.15) is 12.0 Å². The molecule has 0 aliphatic carbocycles. The zero-order valence-corrected chi connectivity index (χ0v) is 15.2. The fraction of sp³-hybridized carbons (Fsp3) is 0.125. The van der Waals surface area contributed by atoms with Crippen LogP contribution >= 0.6 is 27.5 Å². The Kier molecular flexibility index (Phi) is 5.30. The number of nitrogens with zero attached hydrogens (tertiary/aromatic N) is 4. The summed E-state index contributed by atoms with van der Waals surface area (Å²) in [6.45, 7) is 0.385. The monoisotopic (exact) mass is 421 g/mol. The van der Waals surface area contributed by atoms with Crippen LogP contribution in [0.2, 0.25) is 5.02 Å². The van der Waals surface area contributed by atoms with Gasteiger partial charge >= 0.3 is 0 Å². The third-order valence-corrected chi connectivity index (χ3v) is 4.24. The number of phenolic OH excluding ortho intramolecular Hbond substituents is 1. The van der Waals surface area contributed by atoms with Crippen molar-refractivity contribution in [2.45, 2.75) is 13.0 Å². The Balaban J connectivity index is 1.58. The van der Waals surface area contributed by atoms with E-state index in [-0.39, 0.29) is 18.1 Å². The van der Waals surface area contributed by atoms with Gasteiger partial charge in [-0.15, -0.1) is 5.10 Å². The largest absolute Gasteiger partial charge is 0.506 e. The van der Waals surface area contributed by atoms with E-state index in [1.165, 1.54) is 6.21 Å². The number of fused-ring (bicyclic) bond motifs is 1. The van der Waals surface area contributed by atoms with Crippen LogP contribution in [0.3, 0.4) is 0 Å². The van der Waals surface area contributed by atoms with Gasteiger partial charge in [0, 0.05) is 17.0 Å². The average Bonchev–Trinajstić information content (AvgIpc) is 3.00. The maximum atomic E-state index is 11.9. The lowest BCUT2D eigenvalue weighted by molar-refractivity contribution is -0.121. The normalized spacial score (nSPS) is 11.3. The van der Waals surface area contributed by atoms with Crippen molar-refractivity contribution >= 4 is 50.7 Å². The topological polar surface area (TPSA) is 92.4 Å².